The predicted octanol–water partition coefficient (Wildman–Crippen LogP) is 2.01. The van der Waals surface area contributed by atoms with Gasteiger partial charge in [-0.05, 0) is 43.5 Å². The second-order valence-corrected chi connectivity index (χ2v) is 5.15. The maximum Gasteiger partial charge on any atom is 0.113 e. The fourth-order valence-corrected chi connectivity index (χ4v) is 2.28. The highest BCUT2D eigenvalue weighted by Gasteiger charge is 2.20. The molecule has 0 unspecified atom stereocenters. The fraction of sp³-hybridized carbons (Fsp3) is 0.429. The van der Waals surface area contributed by atoms with Crippen LogP contribution < -0.4 is 5.32 Å². The lowest BCUT2D eigenvalue weighted by Crippen LogP contribution is -2.43. The largest absolute Gasteiger partial charge is 0.312 e. The number of aryl methyl sites for hydroxylation is 3. The third kappa shape index (κ3) is 1.82. The van der Waals surface area contributed by atoms with Crippen LogP contribution in [-0.4, -0.2) is 28.1 Å². The van der Waals surface area contributed by atoms with E-state index in [9.17, 15) is 0 Å². The zero-order valence-corrected chi connectivity index (χ0v) is 11.1. The van der Waals surface area contributed by atoms with Crippen LogP contribution >= 0.6 is 0 Å². The molecule has 0 spiro atoms. The van der Waals surface area contributed by atoms with Crippen LogP contribution in [0.15, 0.2) is 18.3 Å². The topological polar surface area (TPSA) is 42.7 Å². The molecule has 0 atom stereocenters. The first-order valence-corrected chi connectivity index (χ1v) is 6.36. The van der Waals surface area contributed by atoms with Crippen LogP contribution in [0.4, 0.5) is 0 Å². The zero-order valence-electron chi connectivity index (χ0n) is 11.1. The molecule has 1 aromatic carbocycles. The van der Waals surface area contributed by atoms with E-state index in [2.05, 4.69) is 54.7 Å². The Kier molecular flexibility index (Phi) is 2.67. The van der Waals surface area contributed by atoms with Crippen molar-refractivity contribution in [3.8, 4) is 11.3 Å². The third-order valence-corrected chi connectivity index (χ3v) is 3.76. The van der Waals surface area contributed by atoms with E-state index < -0.39 is 0 Å². The van der Waals surface area contributed by atoms with E-state index in [-0.39, 0.29) is 0 Å². The lowest BCUT2D eigenvalue weighted by molar-refractivity contribution is 0.313. The van der Waals surface area contributed by atoms with Crippen molar-refractivity contribution in [2.45, 2.75) is 26.8 Å². The van der Waals surface area contributed by atoms with Crippen molar-refractivity contribution < 1.29 is 0 Å². The molecule has 4 heteroatoms. The summed E-state index contributed by atoms with van der Waals surface area (Å²) in [5.41, 5.74) is 6.05. The molecule has 1 aliphatic rings. The summed E-state index contributed by atoms with van der Waals surface area (Å²) in [6.45, 7) is 8.40. The van der Waals surface area contributed by atoms with Crippen LogP contribution in [0.3, 0.4) is 0 Å². The number of nitrogens with zero attached hydrogens (tertiary/aromatic N) is 3. The first-order chi connectivity index (χ1) is 8.65. The summed E-state index contributed by atoms with van der Waals surface area (Å²) in [6, 6.07) is 4.89. The van der Waals surface area contributed by atoms with Crippen molar-refractivity contribution >= 4 is 0 Å². The van der Waals surface area contributed by atoms with Crippen molar-refractivity contribution in [1.82, 2.24) is 20.3 Å². The standard InChI is InChI=1S/C14H18N4/c1-9-4-11(3)13(5-10(9)2)14-8-18(17-16-14)12-6-15-7-12/h4-5,8,12,15H,6-7H2,1-3H3. The van der Waals surface area contributed by atoms with Crippen LogP contribution in [0, 0.1) is 20.8 Å². The van der Waals surface area contributed by atoms with Gasteiger partial charge in [-0.25, -0.2) is 4.68 Å². The molecule has 1 fully saturated rings. The molecule has 3 rings (SSSR count). The monoisotopic (exact) mass is 242 g/mol. The van der Waals surface area contributed by atoms with Gasteiger partial charge in [0.05, 0.1) is 12.2 Å². The molecule has 1 aliphatic heterocycles. The summed E-state index contributed by atoms with van der Waals surface area (Å²) in [4.78, 5) is 0. The molecule has 94 valence electrons. The Bertz CT molecular complexity index is 581. The van der Waals surface area contributed by atoms with E-state index in [1.807, 2.05) is 4.68 Å². The summed E-state index contributed by atoms with van der Waals surface area (Å²) >= 11 is 0. The van der Waals surface area contributed by atoms with E-state index in [1.165, 1.54) is 22.3 Å². The van der Waals surface area contributed by atoms with Crippen molar-refractivity contribution in [3.63, 3.8) is 0 Å². The number of benzene rings is 1. The number of hydrogen-bond donors (Lipinski definition) is 1. The maximum absolute atomic E-state index is 4.31. The Balaban J connectivity index is 1.98. The minimum atomic E-state index is 0.470. The molecule has 2 heterocycles. The second-order valence-electron chi connectivity index (χ2n) is 5.15. The SMILES string of the molecule is Cc1cc(C)c(-c2cn(C3CNC3)nn2)cc1C. The highest BCUT2D eigenvalue weighted by Crippen LogP contribution is 2.25. The molecule has 0 saturated carbocycles. The molecular formula is C14H18N4. The molecule has 0 aliphatic carbocycles. The van der Waals surface area contributed by atoms with Gasteiger partial charge in [0.25, 0.3) is 0 Å². The van der Waals surface area contributed by atoms with Gasteiger partial charge in [0.1, 0.15) is 5.69 Å². The van der Waals surface area contributed by atoms with Gasteiger partial charge in [-0.2, -0.15) is 0 Å². The molecule has 18 heavy (non-hydrogen) atoms. The van der Waals surface area contributed by atoms with E-state index in [0.717, 1.165) is 18.8 Å². The van der Waals surface area contributed by atoms with Gasteiger partial charge in [0, 0.05) is 18.7 Å². The van der Waals surface area contributed by atoms with E-state index in [4.69, 9.17) is 0 Å². The van der Waals surface area contributed by atoms with Crippen LogP contribution in [0.25, 0.3) is 11.3 Å². The van der Waals surface area contributed by atoms with E-state index in [1.54, 1.807) is 0 Å². The first kappa shape index (κ1) is 11.4. The van der Waals surface area contributed by atoms with E-state index >= 15 is 0 Å². The minimum Gasteiger partial charge on any atom is -0.312 e. The van der Waals surface area contributed by atoms with Crippen molar-refractivity contribution in [2.75, 3.05) is 13.1 Å². The Hall–Kier alpha value is -1.68. The fourth-order valence-electron chi connectivity index (χ4n) is 2.28. The Labute approximate surface area is 107 Å². The Morgan fingerprint density at radius 1 is 1.11 bits per heavy atom. The number of aromatic nitrogens is 3. The highest BCUT2D eigenvalue weighted by atomic mass is 15.4. The average Bonchev–Trinajstić information content (AvgIpc) is 2.70. The summed E-state index contributed by atoms with van der Waals surface area (Å²) in [5.74, 6) is 0. The van der Waals surface area contributed by atoms with Crippen molar-refractivity contribution in [3.05, 3.63) is 35.0 Å². The Morgan fingerprint density at radius 3 is 2.50 bits per heavy atom. The molecule has 1 N–H and O–H groups in total. The smallest absolute Gasteiger partial charge is 0.113 e. The second kappa shape index (κ2) is 4.21. The molecule has 0 bridgehead atoms. The molecule has 0 amide bonds. The number of nitrogens with one attached hydrogen (secondary N) is 1. The quantitative estimate of drug-likeness (QED) is 0.876. The third-order valence-electron chi connectivity index (χ3n) is 3.76. The molecule has 4 nitrogen and oxygen atoms in total. The summed E-state index contributed by atoms with van der Waals surface area (Å²) in [7, 11) is 0. The normalized spacial score (nSPS) is 15.7. The van der Waals surface area contributed by atoms with Gasteiger partial charge in [0.2, 0.25) is 0 Å². The number of rotatable bonds is 2. The lowest BCUT2D eigenvalue weighted by Gasteiger charge is -2.26. The molecular weight excluding hydrogens is 224 g/mol. The van der Waals surface area contributed by atoms with Gasteiger partial charge in [-0.15, -0.1) is 5.10 Å². The van der Waals surface area contributed by atoms with E-state index in [0.29, 0.717) is 6.04 Å². The summed E-state index contributed by atoms with van der Waals surface area (Å²) in [5, 5.41) is 11.8. The molecule has 2 aromatic rings. The van der Waals surface area contributed by atoms with Gasteiger partial charge in [-0.1, -0.05) is 11.3 Å². The minimum absolute atomic E-state index is 0.470. The predicted molar refractivity (Wildman–Crippen MR) is 71.6 cm³/mol. The lowest BCUT2D eigenvalue weighted by atomic mass is 9.99. The molecule has 0 radical (unpaired) electrons. The molecule has 1 saturated heterocycles. The Morgan fingerprint density at radius 2 is 1.83 bits per heavy atom. The van der Waals surface area contributed by atoms with Crippen molar-refractivity contribution in [2.24, 2.45) is 0 Å². The highest BCUT2D eigenvalue weighted by molar-refractivity contribution is 5.64. The summed E-state index contributed by atoms with van der Waals surface area (Å²) in [6.07, 6.45) is 2.06. The number of hydrogen-bond acceptors (Lipinski definition) is 3. The zero-order chi connectivity index (χ0) is 12.7. The van der Waals surface area contributed by atoms with Gasteiger partial charge < -0.3 is 5.32 Å². The first-order valence-electron chi connectivity index (χ1n) is 6.36. The van der Waals surface area contributed by atoms with Crippen molar-refractivity contribution in [1.29, 1.82) is 0 Å². The maximum atomic E-state index is 4.31. The summed E-state index contributed by atoms with van der Waals surface area (Å²) < 4.78 is 1.97. The molecule has 1 aromatic heterocycles. The van der Waals surface area contributed by atoms with Crippen LogP contribution in [0.2, 0.25) is 0 Å². The van der Waals surface area contributed by atoms with Gasteiger partial charge in [0.15, 0.2) is 0 Å². The average molecular weight is 242 g/mol. The van der Waals surface area contributed by atoms with Gasteiger partial charge >= 0.3 is 0 Å². The van der Waals surface area contributed by atoms with Crippen LogP contribution in [-0.2, 0) is 0 Å². The van der Waals surface area contributed by atoms with Gasteiger partial charge in [-0.3, -0.25) is 0 Å². The van der Waals surface area contributed by atoms with Crippen LogP contribution in [0.5, 0.6) is 0 Å². The van der Waals surface area contributed by atoms with Crippen LogP contribution in [0.1, 0.15) is 22.7 Å².